The first-order valence-corrected chi connectivity index (χ1v) is 12.2. The van der Waals surface area contributed by atoms with Gasteiger partial charge in [-0.25, -0.2) is 0 Å². The monoisotopic (exact) mass is 456 g/mol. The summed E-state index contributed by atoms with van der Waals surface area (Å²) in [6.45, 7) is 6.67. The lowest BCUT2D eigenvalue weighted by Gasteiger charge is -2.38. The minimum absolute atomic E-state index is 0.563. The van der Waals surface area contributed by atoms with E-state index in [-0.39, 0.29) is 0 Å². The molecule has 1 saturated carbocycles. The van der Waals surface area contributed by atoms with Gasteiger partial charge in [0.1, 0.15) is 0 Å². The van der Waals surface area contributed by atoms with Gasteiger partial charge in [0.2, 0.25) is 0 Å². The van der Waals surface area contributed by atoms with Crippen LogP contribution >= 0.6 is 0 Å². The number of hydrogen-bond donors (Lipinski definition) is 0. The summed E-state index contributed by atoms with van der Waals surface area (Å²) in [4.78, 5) is 7.18. The van der Waals surface area contributed by atoms with Crippen LogP contribution in [0.3, 0.4) is 0 Å². The van der Waals surface area contributed by atoms with Crippen LogP contribution in [0.2, 0.25) is 0 Å². The molecule has 3 nitrogen and oxygen atoms in total. The molecule has 1 saturated heterocycles. The van der Waals surface area contributed by atoms with Crippen LogP contribution in [-0.4, -0.2) is 48.6 Å². The number of hydrogen-bond acceptors (Lipinski definition) is 3. The van der Waals surface area contributed by atoms with E-state index >= 15 is 0 Å². The Morgan fingerprint density at radius 3 is 2.21 bits per heavy atom. The van der Waals surface area contributed by atoms with Gasteiger partial charge in [0, 0.05) is 51.0 Å². The van der Waals surface area contributed by atoms with Crippen LogP contribution in [0.5, 0.6) is 0 Å². The van der Waals surface area contributed by atoms with Crippen molar-refractivity contribution in [3.05, 3.63) is 71.6 Å². The summed E-state index contributed by atoms with van der Waals surface area (Å²) in [5.74, 6) is 0.757. The van der Waals surface area contributed by atoms with E-state index in [0.717, 1.165) is 57.8 Å². The zero-order valence-corrected chi connectivity index (χ0v) is 19.1. The predicted octanol–water partition coefficient (Wildman–Crippen LogP) is 5.61. The Morgan fingerprint density at radius 2 is 1.58 bits per heavy atom. The second-order valence-electron chi connectivity index (χ2n) is 9.82. The Kier molecular flexibility index (Phi) is 6.66. The van der Waals surface area contributed by atoms with E-state index < -0.39 is 11.7 Å². The summed E-state index contributed by atoms with van der Waals surface area (Å²) in [5.41, 5.74) is 3.09. The van der Waals surface area contributed by atoms with E-state index in [2.05, 4.69) is 45.4 Å². The number of alkyl halides is 3. The number of nitrogens with zero attached hydrogens (tertiary/aromatic N) is 3. The maximum Gasteiger partial charge on any atom is 0.416 e. The van der Waals surface area contributed by atoms with Crippen molar-refractivity contribution in [3.8, 4) is 0 Å². The summed E-state index contributed by atoms with van der Waals surface area (Å²) >= 11 is 0. The number of rotatable bonds is 5. The zero-order chi connectivity index (χ0) is 22.8. The standard InChI is InChI=1S/C27H33F3N3/c28-27(29,30)24-6-3-7-26(18-24)32-16-14-31(15-17-32)13-12-21-8-10-25(11-9-21)33-19-22-4-1-2-5-23(22)20-33/h1-7,10,18,21,25H,8-9,11-17,19-20H2. The third kappa shape index (κ3) is 5.38. The fourth-order valence-electron chi connectivity index (χ4n) is 5.65. The molecule has 33 heavy (non-hydrogen) atoms. The highest BCUT2D eigenvalue weighted by atomic mass is 19.4. The molecule has 2 fully saturated rings. The van der Waals surface area contributed by atoms with Crippen LogP contribution < -0.4 is 4.90 Å². The zero-order valence-electron chi connectivity index (χ0n) is 19.1. The molecule has 177 valence electrons. The molecule has 0 amide bonds. The van der Waals surface area contributed by atoms with E-state index in [0.29, 0.717) is 11.7 Å². The summed E-state index contributed by atoms with van der Waals surface area (Å²) in [6.07, 6.45) is 3.22. The molecule has 2 aromatic carbocycles. The molecule has 2 aliphatic heterocycles. The second kappa shape index (κ2) is 9.67. The molecule has 6 heteroatoms. The van der Waals surface area contributed by atoms with E-state index in [1.165, 1.54) is 48.9 Å². The lowest BCUT2D eigenvalue weighted by atomic mass is 9.83. The molecule has 0 spiro atoms. The number of halogens is 3. The first-order valence-electron chi connectivity index (χ1n) is 12.2. The normalized spacial score (nSPS) is 24.8. The van der Waals surface area contributed by atoms with Crippen molar-refractivity contribution in [2.75, 3.05) is 37.6 Å². The van der Waals surface area contributed by atoms with Gasteiger partial charge < -0.3 is 4.90 Å². The highest BCUT2D eigenvalue weighted by molar-refractivity contribution is 5.49. The van der Waals surface area contributed by atoms with Crippen molar-refractivity contribution < 1.29 is 13.2 Å². The van der Waals surface area contributed by atoms with Crippen molar-refractivity contribution in [2.45, 2.75) is 51.0 Å². The molecule has 2 atom stereocenters. The van der Waals surface area contributed by atoms with Crippen LogP contribution in [0.4, 0.5) is 18.9 Å². The van der Waals surface area contributed by atoms with Gasteiger partial charge in [0.15, 0.2) is 0 Å². The molecule has 3 aliphatic rings. The molecule has 2 aromatic rings. The quantitative estimate of drug-likeness (QED) is 0.579. The molecule has 2 heterocycles. The highest BCUT2D eigenvalue weighted by Crippen LogP contribution is 2.34. The smallest absolute Gasteiger partial charge is 0.369 e. The van der Waals surface area contributed by atoms with Gasteiger partial charge >= 0.3 is 6.18 Å². The summed E-state index contributed by atoms with van der Waals surface area (Å²) in [7, 11) is 0. The van der Waals surface area contributed by atoms with Crippen molar-refractivity contribution in [2.24, 2.45) is 5.92 Å². The number of piperazine rings is 1. The number of benzene rings is 2. The molecule has 0 aromatic heterocycles. The first-order chi connectivity index (χ1) is 16.0. The maximum atomic E-state index is 13.0. The Bertz CT molecular complexity index is 903. The molecule has 0 N–H and O–H groups in total. The van der Waals surface area contributed by atoms with E-state index in [1.54, 1.807) is 6.07 Å². The average Bonchev–Trinajstić information content (AvgIpc) is 3.27. The Morgan fingerprint density at radius 1 is 0.848 bits per heavy atom. The SMILES string of the molecule is FC(F)(F)c1cccc(N2CCN(CCC3C[CH]C(N4Cc5ccccc5C4)CC3)CC2)c1. The molecule has 2 unspecified atom stereocenters. The van der Waals surface area contributed by atoms with Gasteiger partial charge in [-0.2, -0.15) is 13.2 Å². The lowest BCUT2D eigenvalue weighted by molar-refractivity contribution is -0.137. The van der Waals surface area contributed by atoms with E-state index in [1.807, 2.05) is 0 Å². The third-order valence-electron chi connectivity index (χ3n) is 7.71. The Labute approximate surface area is 195 Å². The summed E-state index contributed by atoms with van der Waals surface area (Å²) in [6, 6.07) is 15.1. The number of fused-ring (bicyclic) bond motifs is 1. The van der Waals surface area contributed by atoms with Crippen LogP contribution in [-0.2, 0) is 19.3 Å². The minimum Gasteiger partial charge on any atom is -0.369 e. The molecule has 5 rings (SSSR count). The average molecular weight is 457 g/mol. The third-order valence-corrected chi connectivity index (χ3v) is 7.71. The van der Waals surface area contributed by atoms with E-state index in [4.69, 9.17) is 0 Å². The molecule has 0 bridgehead atoms. The topological polar surface area (TPSA) is 9.72 Å². The summed E-state index contributed by atoms with van der Waals surface area (Å²) < 4.78 is 39.0. The molecular formula is C27H33F3N3. The Hall–Kier alpha value is -2.05. The van der Waals surface area contributed by atoms with Gasteiger partial charge in [-0.15, -0.1) is 0 Å². The second-order valence-corrected chi connectivity index (χ2v) is 9.82. The van der Waals surface area contributed by atoms with E-state index in [9.17, 15) is 13.2 Å². The van der Waals surface area contributed by atoms with Crippen molar-refractivity contribution in [1.82, 2.24) is 9.80 Å². The first kappa shape index (κ1) is 22.7. The van der Waals surface area contributed by atoms with Gasteiger partial charge in [-0.05, 0) is 73.9 Å². The van der Waals surface area contributed by atoms with Crippen LogP contribution in [0.1, 0.15) is 42.4 Å². The summed E-state index contributed by atoms with van der Waals surface area (Å²) in [5, 5.41) is 0. The van der Waals surface area contributed by atoms with Gasteiger partial charge in [0.05, 0.1) is 5.56 Å². The molecule has 1 radical (unpaired) electrons. The maximum absolute atomic E-state index is 13.0. The predicted molar refractivity (Wildman–Crippen MR) is 126 cm³/mol. The van der Waals surface area contributed by atoms with Gasteiger partial charge in [-0.1, -0.05) is 30.3 Å². The largest absolute Gasteiger partial charge is 0.416 e. The minimum atomic E-state index is -4.29. The lowest BCUT2D eigenvalue weighted by Crippen LogP contribution is -2.47. The Balaban J connectivity index is 1.03. The van der Waals surface area contributed by atoms with Gasteiger partial charge in [0.25, 0.3) is 0 Å². The molecular weight excluding hydrogens is 423 g/mol. The van der Waals surface area contributed by atoms with Crippen LogP contribution in [0.25, 0.3) is 0 Å². The van der Waals surface area contributed by atoms with Crippen LogP contribution in [0.15, 0.2) is 48.5 Å². The fourth-order valence-corrected chi connectivity index (χ4v) is 5.65. The highest BCUT2D eigenvalue weighted by Gasteiger charge is 2.32. The fraction of sp³-hybridized carbons (Fsp3) is 0.519. The van der Waals surface area contributed by atoms with Crippen molar-refractivity contribution in [3.63, 3.8) is 0 Å². The van der Waals surface area contributed by atoms with Crippen LogP contribution in [0, 0.1) is 12.3 Å². The van der Waals surface area contributed by atoms with Gasteiger partial charge in [-0.3, -0.25) is 9.80 Å². The van der Waals surface area contributed by atoms with Crippen molar-refractivity contribution in [1.29, 1.82) is 0 Å². The van der Waals surface area contributed by atoms with Crippen molar-refractivity contribution >= 4 is 5.69 Å². The molecule has 1 aliphatic carbocycles. The number of anilines is 1.